The van der Waals surface area contributed by atoms with Crippen LogP contribution < -0.4 is 4.74 Å². The van der Waals surface area contributed by atoms with E-state index in [1.165, 1.54) is 32.1 Å². The molecule has 1 aromatic carbocycles. The Hall–Kier alpha value is -0.830. The van der Waals surface area contributed by atoms with Gasteiger partial charge in [-0.2, -0.15) is 0 Å². The van der Waals surface area contributed by atoms with E-state index in [2.05, 4.69) is 15.9 Å². The molecule has 0 bridgehead atoms. The smallest absolute Gasteiger partial charge is 0.150 e. The van der Waals surface area contributed by atoms with Crippen molar-refractivity contribution in [2.45, 2.75) is 32.1 Å². The Bertz CT molecular complexity index is 384. The maximum Gasteiger partial charge on any atom is 0.150 e. The summed E-state index contributed by atoms with van der Waals surface area (Å²) in [6.07, 6.45) is 7.40. The monoisotopic (exact) mass is 296 g/mol. The molecule has 0 radical (unpaired) electrons. The van der Waals surface area contributed by atoms with Gasteiger partial charge in [-0.3, -0.25) is 4.79 Å². The molecule has 17 heavy (non-hydrogen) atoms. The van der Waals surface area contributed by atoms with E-state index in [4.69, 9.17) is 4.74 Å². The minimum Gasteiger partial charge on any atom is -0.493 e. The fourth-order valence-electron chi connectivity index (χ4n) is 2.30. The first kappa shape index (κ1) is 12.6. The molecule has 0 heterocycles. The van der Waals surface area contributed by atoms with Gasteiger partial charge in [0.1, 0.15) is 12.0 Å². The first-order valence-corrected chi connectivity index (χ1v) is 6.96. The van der Waals surface area contributed by atoms with Gasteiger partial charge >= 0.3 is 0 Å². The number of carbonyl (C=O) groups is 1. The lowest BCUT2D eigenvalue weighted by Gasteiger charge is -2.21. The standard InChI is InChI=1S/C14H17BrO2/c15-13-6-12(9-16)7-14(8-13)17-10-11-4-2-1-3-5-11/h6-9,11H,1-5,10H2. The zero-order chi connectivity index (χ0) is 12.1. The molecule has 2 rings (SSSR count). The number of halogens is 1. The van der Waals surface area contributed by atoms with E-state index in [0.29, 0.717) is 11.5 Å². The SMILES string of the molecule is O=Cc1cc(Br)cc(OCC2CCCCC2)c1. The lowest BCUT2D eigenvalue weighted by Crippen LogP contribution is -2.15. The van der Waals surface area contributed by atoms with Crippen LogP contribution in [0.5, 0.6) is 5.75 Å². The summed E-state index contributed by atoms with van der Waals surface area (Å²) in [7, 11) is 0. The van der Waals surface area contributed by atoms with Gasteiger partial charge in [0, 0.05) is 10.0 Å². The lowest BCUT2D eigenvalue weighted by molar-refractivity contribution is 0.112. The average Bonchev–Trinajstić information content (AvgIpc) is 2.37. The molecular weight excluding hydrogens is 280 g/mol. The van der Waals surface area contributed by atoms with Crippen LogP contribution in [-0.4, -0.2) is 12.9 Å². The van der Waals surface area contributed by atoms with Crippen molar-refractivity contribution in [2.75, 3.05) is 6.61 Å². The Kier molecular flexibility index (Phi) is 4.60. The fourth-order valence-corrected chi connectivity index (χ4v) is 2.79. The van der Waals surface area contributed by atoms with Crippen molar-refractivity contribution >= 4 is 22.2 Å². The van der Waals surface area contributed by atoms with E-state index in [1.807, 2.05) is 6.07 Å². The summed E-state index contributed by atoms with van der Waals surface area (Å²) in [6, 6.07) is 5.50. The fraction of sp³-hybridized carbons (Fsp3) is 0.500. The van der Waals surface area contributed by atoms with Crippen LogP contribution in [0.3, 0.4) is 0 Å². The summed E-state index contributed by atoms with van der Waals surface area (Å²) in [5, 5.41) is 0. The Morgan fingerprint density at radius 1 is 1.24 bits per heavy atom. The van der Waals surface area contributed by atoms with Crippen LogP contribution >= 0.6 is 15.9 Å². The van der Waals surface area contributed by atoms with E-state index in [0.717, 1.165) is 23.1 Å². The average molecular weight is 297 g/mol. The van der Waals surface area contributed by atoms with Gasteiger partial charge in [-0.05, 0) is 37.0 Å². The maximum atomic E-state index is 10.7. The Morgan fingerprint density at radius 3 is 2.71 bits per heavy atom. The zero-order valence-electron chi connectivity index (χ0n) is 9.82. The van der Waals surface area contributed by atoms with Gasteiger partial charge in [-0.1, -0.05) is 35.2 Å². The third kappa shape index (κ3) is 3.84. The molecule has 1 fully saturated rings. The summed E-state index contributed by atoms with van der Waals surface area (Å²) in [6.45, 7) is 0.773. The van der Waals surface area contributed by atoms with E-state index in [-0.39, 0.29) is 0 Å². The van der Waals surface area contributed by atoms with Crippen LogP contribution in [0, 0.1) is 5.92 Å². The van der Waals surface area contributed by atoms with E-state index < -0.39 is 0 Å². The number of carbonyl (C=O) groups excluding carboxylic acids is 1. The predicted octanol–water partition coefficient (Wildman–Crippen LogP) is 4.22. The van der Waals surface area contributed by atoms with Gasteiger partial charge in [-0.25, -0.2) is 0 Å². The number of aldehydes is 1. The first-order chi connectivity index (χ1) is 8.28. The van der Waals surface area contributed by atoms with Gasteiger partial charge in [0.05, 0.1) is 6.61 Å². The third-order valence-electron chi connectivity index (χ3n) is 3.24. The quantitative estimate of drug-likeness (QED) is 0.778. The molecule has 0 spiro atoms. The van der Waals surface area contributed by atoms with Crippen LogP contribution in [-0.2, 0) is 0 Å². The molecule has 1 aromatic rings. The summed E-state index contributed by atoms with van der Waals surface area (Å²) in [4.78, 5) is 10.7. The zero-order valence-corrected chi connectivity index (χ0v) is 11.4. The molecule has 1 saturated carbocycles. The van der Waals surface area contributed by atoms with Gasteiger partial charge in [0.2, 0.25) is 0 Å². The Morgan fingerprint density at radius 2 is 2.00 bits per heavy atom. The van der Waals surface area contributed by atoms with Crippen LogP contribution in [0.4, 0.5) is 0 Å². The highest BCUT2D eigenvalue weighted by Crippen LogP contribution is 2.26. The second-order valence-electron chi connectivity index (χ2n) is 4.65. The van der Waals surface area contributed by atoms with Crippen molar-refractivity contribution in [3.05, 3.63) is 28.2 Å². The van der Waals surface area contributed by atoms with E-state index in [1.54, 1.807) is 12.1 Å². The molecule has 0 aromatic heterocycles. The van der Waals surface area contributed by atoms with Gasteiger partial charge < -0.3 is 4.74 Å². The van der Waals surface area contributed by atoms with Crippen molar-refractivity contribution in [3.63, 3.8) is 0 Å². The molecule has 0 atom stereocenters. The second kappa shape index (κ2) is 6.20. The molecular formula is C14H17BrO2. The number of benzene rings is 1. The van der Waals surface area contributed by atoms with Crippen LogP contribution in [0.1, 0.15) is 42.5 Å². The van der Waals surface area contributed by atoms with Gasteiger partial charge in [-0.15, -0.1) is 0 Å². The number of hydrogen-bond acceptors (Lipinski definition) is 2. The topological polar surface area (TPSA) is 26.3 Å². The van der Waals surface area contributed by atoms with E-state index in [9.17, 15) is 4.79 Å². The van der Waals surface area contributed by atoms with Crippen molar-refractivity contribution in [3.8, 4) is 5.75 Å². The molecule has 0 amide bonds. The normalized spacial score (nSPS) is 16.8. The molecule has 0 aliphatic heterocycles. The highest BCUT2D eigenvalue weighted by Gasteiger charge is 2.14. The number of hydrogen-bond donors (Lipinski definition) is 0. The largest absolute Gasteiger partial charge is 0.493 e. The van der Waals surface area contributed by atoms with Crippen LogP contribution in [0.15, 0.2) is 22.7 Å². The summed E-state index contributed by atoms with van der Waals surface area (Å²) in [5.74, 6) is 1.47. The number of ether oxygens (including phenoxy) is 1. The lowest BCUT2D eigenvalue weighted by atomic mass is 9.90. The maximum absolute atomic E-state index is 10.7. The van der Waals surface area contributed by atoms with Crippen molar-refractivity contribution < 1.29 is 9.53 Å². The molecule has 2 nitrogen and oxygen atoms in total. The molecule has 3 heteroatoms. The third-order valence-corrected chi connectivity index (χ3v) is 3.70. The Balaban J connectivity index is 1.93. The van der Waals surface area contributed by atoms with Gasteiger partial charge in [0.25, 0.3) is 0 Å². The molecule has 92 valence electrons. The van der Waals surface area contributed by atoms with Gasteiger partial charge in [0.15, 0.2) is 0 Å². The van der Waals surface area contributed by atoms with Crippen molar-refractivity contribution in [1.82, 2.24) is 0 Å². The first-order valence-electron chi connectivity index (χ1n) is 6.16. The summed E-state index contributed by atoms with van der Waals surface area (Å²) in [5.41, 5.74) is 0.651. The minimum absolute atomic E-state index is 0.651. The molecule has 0 unspecified atom stereocenters. The van der Waals surface area contributed by atoms with Crippen LogP contribution in [0.25, 0.3) is 0 Å². The second-order valence-corrected chi connectivity index (χ2v) is 5.57. The summed E-state index contributed by atoms with van der Waals surface area (Å²) >= 11 is 3.38. The number of rotatable bonds is 4. The highest BCUT2D eigenvalue weighted by molar-refractivity contribution is 9.10. The minimum atomic E-state index is 0.651. The molecule has 1 aliphatic carbocycles. The van der Waals surface area contributed by atoms with Crippen LogP contribution in [0.2, 0.25) is 0 Å². The molecule has 0 saturated heterocycles. The van der Waals surface area contributed by atoms with E-state index >= 15 is 0 Å². The summed E-state index contributed by atoms with van der Waals surface area (Å²) < 4.78 is 6.67. The Labute approximate surface area is 110 Å². The molecule has 0 N–H and O–H groups in total. The predicted molar refractivity (Wildman–Crippen MR) is 71.6 cm³/mol. The van der Waals surface area contributed by atoms with Crippen molar-refractivity contribution in [2.24, 2.45) is 5.92 Å². The highest BCUT2D eigenvalue weighted by atomic mass is 79.9. The molecule has 1 aliphatic rings. The van der Waals surface area contributed by atoms with Crippen molar-refractivity contribution in [1.29, 1.82) is 0 Å².